The molecular formula is C12H13Cl2N. The van der Waals surface area contributed by atoms with Gasteiger partial charge in [-0.3, -0.25) is 0 Å². The van der Waals surface area contributed by atoms with Crippen LogP contribution in [0.4, 0.5) is 0 Å². The summed E-state index contributed by atoms with van der Waals surface area (Å²) in [5.41, 5.74) is 2.23. The van der Waals surface area contributed by atoms with Gasteiger partial charge in [0.1, 0.15) is 5.15 Å². The zero-order valence-electron chi connectivity index (χ0n) is 9.01. The molecule has 1 aromatic heterocycles. The molecule has 0 radical (unpaired) electrons. The van der Waals surface area contributed by atoms with Crippen molar-refractivity contribution in [3.8, 4) is 0 Å². The van der Waals surface area contributed by atoms with Gasteiger partial charge in [0.25, 0.3) is 0 Å². The Hall–Kier alpha value is -0.660. The maximum Gasteiger partial charge on any atom is 0.113 e. The van der Waals surface area contributed by atoms with Crippen LogP contribution in [0.25, 0.3) is 10.9 Å². The van der Waals surface area contributed by atoms with Crippen LogP contribution in [0.15, 0.2) is 18.2 Å². The first-order chi connectivity index (χ1) is 7.02. The van der Waals surface area contributed by atoms with Crippen LogP contribution in [0, 0.1) is 6.92 Å². The number of nitrogens with zero attached hydrogens (tertiary/aromatic N) is 1. The van der Waals surface area contributed by atoms with Crippen LogP contribution in [-0.2, 0) is 0 Å². The molecule has 0 aliphatic carbocycles. The van der Waals surface area contributed by atoms with Crippen LogP contribution in [-0.4, -0.2) is 4.57 Å². The summed E-state index contributed by atoms with van der Waals surface area (Å²) in [7, 11) is 0. The molecule has 0 aliphatic heterocycles. The van der Waals surface area contributed by atoms with Crippen molar-refractivity contribution in [3.05, 3.63) is 33.9 Å². The third-order valence-electron chi connectivity index (χ3n) is 2.66. The Morgan fingerprint density at radius 1 is 1.20 bits per heavy atom. The predicted molar refractivity (Wildman–Crippen MR) is 67.1 cm³/mol. The van der Waals surface area contributed by atoms with Crippen molar-refractivity contribution < 1.29 is 0 Å². The minimum atomic E-state index is 0.340. The van der Waals surface area contributed by atoms with Gasteiger partial charge in [-0.2, -0.15) is 0 Å². The summed E-state index contributed by atoms with van der Waals surface area (Å²) in [6.07, 6.45) is 0. The maximum atomic E-state index is 6.30. The minimum Gasteiger partial charge on any atom is -0.329 e. The molecular weight excluding hydrogens is 229 g/mol. The van der Waals surface area contributed by atoms with E-state index >= 15 is 0 Å². The third-order valence-corrected chi connectivity index (χ3v) is 3.36. The fourth-order valence-electron chi connectivity index (χ4n) is 1.92. The number of hydrogen-bond donors (Lipinski definition) is 0. The van der Waals surface area contributed by atoms with E-state index in [4.69, 9.17) is 23.2 Å². The molecule has 0 saturated carbocycles. The van der Waals surface area contributed by atoms with E-state index in [1.54, 1.807) is 0 Å². The van der Waals surface area contributed by atoms with Crippen molar-refractivity contribution in [1.29, 1.82) is 0 Å². The fraction of sp³-hybridized carbons (Fsp3) is 0.333. The van der Waals surface area contributed by atoms with Gasteiger partial charge in [-0.05, 0) is 38.5 Å². The Morgan fingerprint density at radius 3 is 2.47 bits per heavy atom. The van der Waals surface area contributed by atoms with Crippen molar-refractivity contribution in [3.63, 3.8) is 0 Å². The molecule has 3 heteroatoms. The first-order valence-electron chi connectivity index (χ1n) is 4.98. The lowest BCUT2D eigenvalue weighted by atomic mass is 10.2. The van der Waals surface area contributed by atoms with Gasteiger partial charge in [0.05, 0.1) is 5.52 Å². The summed E-state index contributed by atoms with van der Waals surface area (Å²) in [5, 5.41) is 2.74. The predicted octanol–water partition coefficient (Wildman–Crippen LogP) is 4.84. The van der Waals surface area contributed by atoms with Gasteiger partial charge in [0.15, 0.2) is 0 Å². The molecule has 80 valence electrons. The van der Waals surface area contributed by atoms with E-state index < -0.39 is 0 Å². The van der Waals surface area contributed by atoms with Gasteiger partial charge in [0.2, 0.25) is 0 Å². The van der Waals surface area contributed by atoms with Crippen LogP contribution >= 0.6 is 23.2 Å². The van der Waals surface area contributed by atoms with Crippen molar-refractivity contribution in [2.75, 3.05) is 0 Å². The molecule has 0 spiro atoms. The molecule has 15 heavy (non-hydrogen) atoms. The molecule has 0 saturated heterocycles. The first kappa shape index (κ1) is 10.8. The van der Waals surface area contributed by atoms with E-state index in [9.17, 15) is 0 Å². The summed E-state index contributed by atoms with van der Waals surface area (Å²) in [5.74, 6) is 0. The highest BCUT2D eigenvalue weighted by Crippen LogP contribution is 2.33. The summed E-state index contributed by atoms with van der Waals surface area (Å²) in [4.78, 5) is 0. The Balaban J connectivity index is 2.88. The van der Waals surface area contributed by atoms with Crippen LogP contribution in [0.3, 0.4) is 0 Å². The lowest BCUT2D eigenvalue weighted by molar-refractivity contribution is 0.622. The summed E-state index contributed by atoms with van der Waals surface area (Å²) < 4.78 is 2.11. The van der Waals surface area contributed by atoms with E-state index in [0.29, 0.717) is 6.04 Å². The average molecular weight is 242 g/mol. The maximum absolute atomic E-state index is 6.30. The molecule has 0 fully saturated rings. The molecule has 0 atom stereocenters. The van der Waals surface area contributed by atoms with Crippen LogP contribution in [0.5, 0.6) is 0 Å². The number of aromatic nitrogens is 1. The number of aryl methyl sites for hydroxylation is 1. The Bertz CT molecular complexity index is 512. The summed E-state index contributed by atoms with van der Waals surface area (Å²) >= 11 is 12.3. The van der Waals surface area contributed by atoms with Crippen LogP contribution < -0.4 is 0 Å². The molecule has 1 aromatic carbocycles. The second-order valence-electron chi connectivity index (χ2n) is 4.04. The van der Waals surface area contributed by atoms with E-state index in [-0.39, 0.29) is 0 Å². The standard InChI is InChI=1S/C12H13Cl2N/c1-7(2)15-11-6-9(13)4-5-10(11)8(3)12(15)14/h4-7H,1-3H3. The fourth-order valence-corrected chi connectivity index (χ4v) is 2.48. The second kappa shape index (κ2) is 3.73. The van der Waals surface area contributed by atoms with Gasteiger partial charge >= 0.3 is 0 Å². The highest BCUT2D eigenvalue weighted by atomic mass is 35.5. The number of fused-ring (bicyclic) bond motifs is 1. The first-order valence-corrected chi connectivity index (χ1v) is 5.73. The molecule has 2 rings (SSSR count). The zero-order valence-corrected chi connectivity index (χ0v) is 10.5. The molecule has 2 aromatic rings. The molecule has 0 amide bonds. The summed E-state index contributed by atoms with van der Waals surface area (Å²) in [6, 6.07) is 6.23. The molecule has 0 N–H and O–H groups in total. The van der Waals surface area contributed by atoms with Crippen molar-refractivity contribution in [2.24, 2.45) is 0 Å². The number of benzene rings is 1. The molecule has 1 nitrogen and oxygen atoms in total. The van der Waals surface area contributed by atoms with Crippen molar-refractivity contribution in [2.45, 2.75) is 26.8 Å². The van der Waals surface area contributed by atoms with E-state index in [0.717, 1.165) is 21.3 Å². The zero-order chi connectivity index (χ0) is 11.2. The minimum absolute atomic E-state index is 0.340. The van der Waals surface area contributed by atoms with Crippen LogP contribution in [0.2, 0.25) is 10.2 Å². The largest absolute Gasteiger partial charge is 0.329 e. The Morgan fingerprint density at radius 2 is 1.87 bits per heavy atom. The second-order valence-corrected chi connectivity index (χ2v) is 4.84. The van der Waals surface area contributed by atoms with Crippen molar-refractivity contribution in [1.82, 2.24) is 4.57 Å². The monoisotopic (exact) mass is 241 g/mol. The Labute approximate surface area is 99.6 Å². The number of rotatable bonds is 1. The highest BCUT2D eigenvalue weighted by molar-refractivity contribution is 6.33. The smallest absolute Gasteiger partial charge is 0.113 e. The Kier molecular flexibility index (Phi) is 2.70. The third kappa shape index (κ3) is 1.64. The molecule has 0 aliphatic rings. The highest BCUT2D eigenvalue weighted by Gasteiger charge is 2.14. The number of hydrogen-bond acceptors (Lipinski definition) is 0. The molecule has 1 heterocycles. The summed E-state index contributed by atoms with van der Waals surface area (Å²) in [6.45, 7) is 6.27. The van der Waals surface area contributed by atoms with Crippen LogP contribution in [0.1, 0.15) is 25.5 Å². The van der Waals surface area contributed by atoms with Gasteiger partial charge in [-0.1, -0.05) is 29.3 Å². The van der Waals surface area contributed by atoms with Crippen molar-refractivity contribution >= 4 is 34.1 Å². The van der Waals surface area contributed by atoms with E-state index in [2.05, 4.69) is 18.4 Å². The van der Waals surface area contributed by atoms with E-state index in [1.165, 1.54) is 5.39 Å². The number of halogens is 2. The lowest BCUT2D eigenvalue weighted by Gasteiger charge is -2.11. The molecule has 0 bridgehead atoms. The van der Waals surface area contributed by atoms with Gasteiger partial charge in [-0.25, -0.2) is 0 Å². The lowest BCUT2D eigenvalue weighted by Crippen LogP contribution is -1.99. The molecule has 0 unspecified atom stereocenters. The van der Waals surface area contributed by atoms with Gasteiger partial charge < -0.3 is 4.57 Å². The SMILES string of the molecule is Cc1c(Cl)n(C(C)C)c2cc(Cl)ccc12. The normalized spacial score (nSPS) is 11.6. The quantitative estimate of drug-likeness (QED) is 0.674. The van der Waals surface area contributed by atoms with Gasteiger partial charge in [-0.15, -0.1) is 0 Å². The topological polar surface area (TPSA) is 4.93 Å². The van der Waals surface area contributed by atoms with E-state index in [1.807, 2.05) is 25.1 Å². The average Bonchev–Trinajstić information content (AvgIpc) is 2.39. The van der Waals surface area contributed by atoms with Gasteiger partial charge in [0, 0.05) is 16.5 Å².